The number of nitrogens with one attached hydrogen (secondary N) is 1. The molecule has 1 heterocycles. The Labute approximate surface area is 112 Å². The molecule has 0 aromatic heterocycles. The Morgan fingerprint density at radius 2 is 2.22 bits per heavy atom. The van der Waals surface area contributed by atoms with Crippen LogP contribution in [0.1, 0.15) is 27.7 Å². The SMILES string of the molecule is CCOC(=O)[C@H]1CSC([C@@H](NC(C)=O)C(C)C)=N1. The minimum Gasteiger partial charge on any atom is -0.464 e. The van der Waals surface area contributed by atoms with Gasteiger partial charge in [0, 0.05) is 12.7 Å². The lowest BCUT2D eigenvalue weighted by Gasteiger charge is -2.21. The number of amides is 1. The van der Waals surface area contributed by atoms with E-state index in [0.29, 0.717) is 12.4 Å². The first-order valence-electron chi connectivity index (χ1n) is 6.10. The summed E-state index contributed by atoms with van der Waals surface area (Å²) in [4.78, 5) is 27.1. The molecule has 102 valence electrons. The molecule has 6 heteroatoms. The first-order valence-corrected chi connectivity index (χ1v) is 7.08. The fourth-order valence-corrected chi connectivity index (χ4v) is 2.91. The van der Waals surface area contributed by atoms with E-state index in [4.69, 9.17) is 4.74 Å². The minimum atomic E-state index is -0.431. The summed E-state index contributed by atoms with van der Waals surface area (Å²) in [5.74, 6) is 0.458. The molecule has 0 aromatic carbocycles. The Morgan fingerprint density at radius 1 is 1.56 bits per heavy atom. The van der Waals surface area contributed by atoms with Crippen molar-refractivity contribution in [1.82, 2.24) is 5.32 Å². The van der Waals surface area contributed by atoms with Crippen LogP contribution >= 0.6 is 11.8 Å². The number of ether oxygens (including phenoxy) is 1. The van der Waals surface area contributed by atoms with Crippen LogP contribution in [0.4, 0.5) is 0 Å². The zero-order valence-corrected chi connectivity index (χ0v) is 12.0. The van der Waals surface area contributed by atoms with Gasteiger partial charge in [0.25, 0.3) is 0 Å². The Morgan fingerprint density at radius 3 is 2.72 bits per heavy atom. The van der Waals surface area contributed by atoms with Crippen LogP contribution < -0.4 is 5.32 Å². The molecule has 2 atom stereocenters. The smallest absolute Gasteiger partial charge is 0.331 e. The van der Waals surface area contributed by atoms with Crippen molar-refractivity contribution in [3.63, 3.8) is 0 Å². The maximum Gasteiger partial charge on any atom is 0.331 e. The normalized spacial score (nSPS) is 20.5. The van der Waals surface area contributed by atoms with E-state index < -0.39 is 6.04 Å². The standard InChI is InChI=1S/C12H20N2O3S/c1-5-17-12(16)9-6-18-11(14-9)10(7(2)3)13-8(4)15/h7,9-10H,5-6H2,1-4H3,(H,13,15)/t9-,10+/m1/s1. The molecule has 0 spiro atoms. The average molecular weight is 272 g/mol. The molecule has 5 nitrogen and oxygen atoms in total. The molecule has 0 unspecified atom stereocenters. The van der Waals surface area contributed by atoms with Crippen LogP contribution in [-0.4, -0.2) is 41.4 Å². The Bertz CT molecular complexity index is 355. The van der Waals surface area contributed by atoms with Crippen molar-refractivity contribution in [3.8, 4) is 0 Å². The summed E-state index contributed by atoms with van der Waals surface area (Å²) >= 11 is 1.52. The predicted molar refractivity (Wildman–Crippen MR) is 72.8 cm³/mol. The van der Waals surface area contributed by atoms with Crippen LogP contribution in [-0.2, 0) is 14.3 Å². The lowest BCUT2D eigenvalue weighted by Crippen LogP contribution is -2.41. The topological polar surface area (TPSA) is 67.8 Å². The second-order valence-electron chi connectivity index (χ2n) is 4.47. The van der Waals surface area contributed by atoms with Gasteiger partial charge in [0.05, 0.1) is 17.7 Å². The number of carbonyl (C=O) groups excluding carboxylic acids is 2. The highest BCUT2D eigenvalue weighted by Gasteiger charge is 2.31. The molecule has 0 bridgehead atoms. The van der Waals surface area contributed by atoms with Gasteiger partial charge in [-0.25, -0.2) is 4.79 Å². The number of carbonyl (C=O) groups is 2. The van der Waals surface area contributed by atoms with Gasteiger partial charge in [-0.1, -0.05) is 13.8 Å². The van der Waals surface area contributed by atoms with Crippen molar-refractivity contribution in [2.45, 2.75) is 39.8 Å². The lowest BCUT2D eigenvalue weighted by atomic mass is 10.1. The van der Waals surface area contributed by atoms with E-state index in [0.717, 1.165) is 5.04 Å². The van der Waals surface area contributed by atoms with E-state index in [1.165, 1.54) is 18.7 Å². The fraction of sp³-hybridized carbons (Fsp3) is 0.750. The molecule has 0 fully saturated rings. The van der Waals surface area contributed by atoms with E-state index in [9.17, 15) is 9.59 Å². The summed E-state index contributed by atoms with van der Waals surface area (Å²) in [7, 11) is 0. The van der Waals surface area contributed by atoms with Crippen molar-refractivity contribution in [2.75, 3.05) is 12.4 Å². The maximum absolute atomic E-state index is 11.6. The number of nitrogens with zero attached hydrogens (tertiary/aromatic N) is 1. The highest BCUT2D eigenvalue weighted by Crippen LogP contribution is 2.24. The monoisotopic (exact) mass is 272 g/mol. The quantitative estimate of drug-likeness (QED) is 0.764. The third kappa shape index (κ3) is 4.01. The molecule has 0 saturated heterocycles. The number of hydrogen-bond acceptors (Lipinski definition) is 5. The summed E-state index contributed by atoms with van der Waals surface area (Å²) in [5, 5.41) is 3.69. The Kier molecular flexibility index (Phi) is 5.65. The third-order valence-corrected chi connectivity index (χ3v) is 3.66. The molecule has 0 saturated carbocycles. The van der Waals surface area contributed by atoms with Crippen molar-refractivity contribution >= 4 is 28.7 Å². The number of aliphatic imine (C=N–C) groups is 1. The fourth-order valence-electron chi connectivity index (χ4n) is 1.65. The van der Waals surface area contributed by atoms with Crippen molar-refractivity contribution in [2.24, 2.45) is 10.9 Å². The van der Waals surface area contributed by atoms with Crippen LogP contribution in [0.15, 0.2) is 4.99 Å². The van der Waals surface area contributed by atoms with E-state index in [1.807, 2.05) is 13.8 Å². The molecular weight excluding hydrogens is 252 g/mol. The van der Waals surface area contributed by atoms with Crippen LogP contribution in [0.2, 0.25) is 0 Å². The van der Waals surface area contributed by atoms with Gasteiger partial charge in [0.2, 0.25) is 5.91 Å². The minimum absolute atomic E-state index is 0.0865. The second kappa shape index (κ2) is 6.78. The Balaban J connectivity index is 2.72. The van der Waals surface area contributed by atoms with Gasteiger partial charge in [-0.2, -0.15) is 0 Å². The van der Waals surface area contributed by atoms with Crippen LogP contribution in [0.3, 0.4) is 0 Å². The first-order chi connectivity index (χ1) is 8.45. The van der Waals surface area contributed by atoms with E-state index in [2.05, 4.69) is 10.3 Å². The zero-order chi connectivity index (χ0) is 13.7. The molecule has 1 amide bonds. The van der Waals surface area contributed by atoms with Crippen molar-refractivity contribution in [1.29, 1.82) is 0 Å². The molecule has 1 aliphatic heterocycles. The summed E-state index contributed by atoms with van der Waals surface area (Å²) < 4.78 is 4.95. The van der Waals surface area contributed by atoms with Gasteiger partial charge in [-0.3, -0.25) is 9.79 Å². The summed E-state index contributed by atoms with van der Waals surface area (Å²) in [5.41, 5.74) is 0. The van der Waals surface area contributed by atoms with E-state index >= 15 is 0 Å². The van der Waals surface area contributed by atoms with Crippen molar-refractivity contribution in [3.05, 3.63) is 0 Å². The van der Waals surface area contributed by atoms with E-state index in [1.54, 1.807) is 6.92 Å². The predicted octanol–water partition coefficient (Wildman–Crippen LogP) is 1.22. The van der Waals surface area contributed by atoms with E-state index in [-0.39, 0.29) is 23.8 Å². The van der Waals surface area contributed by atoms with Crippen LogP contribution in [0, 0.1) is 5.92 Å². The summed E-state index contributed by atoms with van der Waals surface area (Å²) in [6.45, 7) is 7.66. The number of rotatable bonds is 5. The average Bonchev–Trinajstić information content (AvgIpc) is 2.74. The lowest BCUT2D eigenvalue weighted by molar-refractivity contribution is -0.143. The van der Waals surface area contributed by atoms with Crippen LogP contribution in [0.5, 0.6) is 0 Å². The van der Waals surface area contributed by atoms with Gasteiger partial charge < -0.3 is 10.1 Å². The number of thioether (sulfide) groups is 1. The maximum atomic E-state index is 11.6. The summed E-state index contributed by atoms with van der Waals surface area (Å²) in [6.07, 6.45) is 0. The largest absolute Gasteiger partial charge is 0.464 e. The molecule has 0 radical (unpaired) electrons. The molecule has 1 aliphatic rings. The van der Waals surface area contributed by atoms with Gasteiger partial charge in [0.1, 0.15) is 0 Å². The van der Waals surface area contributed by atoms with Crippen LogP contribution in [0.25, 0.3) is 0 Å². The Hall–Kier alpha value is -1.04. The summed E-state index contributed by atoms with van der Waals surface area (Å²) in [6, 6.07) is -0.549. The molecule has 18 heavy (non-hydrogen) atoms. The van der Waals surface area contributed by atoms with Gasteiger partial charge in [0.15, 0.2) is 6.04 Å². The third-order valence-electron chi connectivity index (χ3n) is 2.52. The molecular formula is C12H20N2O3S. The highest BCUT2D eigenvalue weighted by molar-refractivity contribution is 8.14. The van der Waals surface area contributed by atoms with Gasteiger partial charge in [-0.05, 0) is 12.8 Å². The van der Waals surface area contributed by atoms with Crippen molar-refractivity contribution < 1.29 is 14.3 Å². The molecule has 0 aromatic rings. The molecule has 1 rings (SSSR count). The zero-order valence-electron chi connectivity index (χ0n) is 11.2. The van der Waals surface area contributed by atoms with Gasteiger partial charge in [-0.15, -0.1) is 11.8 Å². The highest BCUT2D eigenvalue weighted by atomic mass is 32.2. The number of hydrogen-bond donors (Lipinski definition) is 1. The molecule has 1 N–H and O–H groups in total. The van der Waals surface area contributed by atoms with Gasteiger partial charge >= 0.3 is 5.97 Å². The number of esters is 1. The molecule has 0 aliphatic carbocycles. The second-order valence-corrected chi connectivity index (χ2v) is 5.51. The first kappa shape index (κ1) is 15.0.